The van der Waals surface area contributed by atoms with E-state index in [-0.39, 0.29) is 6.10 Å². The fourth-order valence-electron chi connectivity index (χ4n) is 1.90. The van der Waals surface area contributed by atoms with E-state index >= 15 is 0 Å². The zero-order chi connectivity index (χ0) is 15.9. The van der Waals surface area contributed by atoms with Gasteiger partial charge in [0.2, 0.25) is 0 Å². The molecule has 0 saturated heterocycles. The Hall–Kier alpha value is 0.0569. The summed E-state index contributed by atoms with van der Waals surface area (Å²) in [6.07, 6.45) is 8.78. The Morgan fingerprint density at radius 1 is 0.850 bits per heavy atom. The summed E-state index contributed by atoms with van der Waals surface area (Å²) in [7, 11) is 2.65. The molecule has 0 aliphatic carbocycles. The highest BCUT2D eigenvalue weighted by Crippen LogP contribution is 2.10. The molecule has 1 atom stereocenters. The Labute approximate surface area is 127 Å². The quantitative estimate of drug-likeness (QED) is 0.463. The van der Waals surface area contributed by atoms with Crippen LogP contribution in [0.2, 0.25) is 6.04 Å². The fraction of sp³-hybridized carbons (Fsp3) is 1.00. The van der Waals surface area contributed by atoms with Gasteiger partial charge in [-0.05, 0) is 13.3 Å². The maximum atomic E-state index is 8.96. The predicted octanol–water partition coefficient (Wildman–Crippen LogP) is 4.00. The summed E-state index contributed by atoms with van der Waals surface area (Å²) >= 11 is 0. The van der Waals surface area contributed by atoms with Crippen molar-refractivity contribution < 1.29 is 18.4 Å². The zero-order valence-corrected chi connectivity index (χ0v) is 15.4. The molecule has 1 N–H and O–H groups in total. The monoisotopic (exact) mass is 308 g/mol. The Morgan fingerprint density at radius 2 is 1.30 bits per heavy atom. The van der Waals surface area contributed by atoms with Gasteiger partial charge in [-0.25, -0.2) is 0 Å². The fourth-order valence-corrected chi connectivity index (χ4v) is 3.27. The molecule has 0 aliphatic heterocycles. The molecule has 0 aromatic rings. The molecule has 0 saturated carbocycles. The van der Waals surface area contributed by atoms with Crippen LogP contribution in [0.5, 0.6) is 0 Å². The molecule has 0 aliphatic rings. The van der Waals surface area contributed by atoms with Crippen LogP contribution < -0.4 is 0 Å². The van der Waals surface area contributed by atoms with E-state index < -0.39 is 8.80 Å². The normalized spacial score (nSPS) is 12.8. The molecule has 5 heteroatoms. The second kappa shape index (κ2) is 15.4. The van der Waals surface area contributed by atoms with Gasteiger partial charge < -0.3 is 18.4 Å². The first-order chi connectivity index (χ1) is 9.51. The Balaban J connectivity index is 0. The summed E-state index contributed by atoms with van der Waals surface area (Å²) in [5.41, 5.74) is 0. The molecule has 20 heavy (non-hydrogen) atoms. The highest BCUT2D eigenvalue weighted by atomic mass is 28.4. The highest BCUT2D eigenvalue weighted by Gasteiger charge is 2.34. The highest BCUT2D eigenvalue weighted by molar-refractivity contribution is 6.60. The lowest BCUT2D eigenvalue weighted by Crippen LogP contribution is -2.41. The van der Waals surface area contributed by atoms with Gasteiger partial charge in [-0.15, -0.1) is 0 Å². The minimum atomic E-state index is -2.19. The second-order valence-corrected chi connectivity index (χ2v) is 8.35. The first-order valence-corrected chi connectivity index (χ1v) is 9.78. The lowest BCUT2D eigenvalue weighted by atomic mass is 10.1. The van der Waals surface area contributed by atoms with Crippen LogP contribution in [0.4, 0.5) is 0 Å². The molecular weight excluding hydrogens is 272 g/mol. The largest absolute Gasteiger partial charge is 0.499 e. The van der Waals surface area contributed by atoms with E-state index in [2.05, 4.69) is 6.92 Å². The van der Waals surface area contributed by atoms with Gasteiger partial charge in [0.15, 0.2) is 0 Å². The molecule has 1 unspecified atom stereocenters. The van der Waals surface area contributed by atoms with E-state index in [1.165, 1.54) is 38.5 Å². The third kappa shape index (κ3) is 13.1. The van der Waals surface area contributed by atoms with Crippen molar-refractivity contribution in [3.63, 3.8) is 0 Å². The summed E-state index contributed by atoms with van der Waals surface area (Å²) in [5.74, 6) is 0. The van der Waals surface area contributed by atoms with Gasteiger partial charge >= 0.3 is 8.80 Å². The molecule has 0 heterocycles. The molecule has 0 aromatic carbocycles. The van der Waals surface area contributed by atoms with Gasteiger partial charge in [0.05, 0.1) is 6.10 Å². The summed E-state index contributed by atoms with van der Waals surface area (Å²) in [6.45, 7) is 6.09. The summed E-state index contributed by atoms with van der Waals surface area (Å²) < 4.78 is 15.2. The molecule has 0 bridgehead atoms. The van der Waals surface area contributed by atoms with Gasteiger partial charge in [0.25, 0.3) is 0 Å². The van der Waals surface area contributed by atoms with Crippen molar-refractivity contribution in [2.75, 3.05) is 21.3 Å². The van der Waals surface area contributed by atoms with E-state index in [0.717, 1.165) is 12.5 Å². The maximum absolute atomic E-state index is 8.96. The van der Waals surface area contributed by atoms with Crippen molar-refractivity contribution in [1.82, 2.24) is 0 Å². The van der Waals surface area contributed by atoms with Crippen molar-refractivity contribution in [2.24, 2.45) is 0 Å². The SMILES string of the molecule is CCCCCCCCC(C)O.CC[Si](OC)(OC)OC. The van der Waals surface area contributed by atoms with Crippen molar-refractivity contribution >= 4 is 8.80 Å². The lowest BCUT2D eigenvalue weighted by Gasteiger charge is -2.22. The van der Waals surface area contributed by atoms with Gasteiger partial charge in [-0.2, -0.15) is 0 Å². The number of rotatable bonds is 11. The average Bonchev–Trinajstić information content (AvgIpc) is 2.46. The van der Waals surface area contributed by atoms with Crippen LogP contribution in [-0.4, -0.2) is 41.3 Å². The van der Waals surface area contributed by atoms with Crippen molar-refractivity contribution in [3.8, 4) is 0 Å². The van der Waals surface area contributed by atoms with Gasteiger partial charge in [-0.1, -0.05) is 52.4 Å². The summed E-state index contributed by atoms with van der Waals surface area (Å²) in [6, 6.07) is 0.816. The standard InChI is InChI=1S/C10H22O.C5H14O3Si/c1-3-4-5-6-7-8-9-10(2)11;1-5-9(6-2,7-3)8-4/h10-11H,3-9H2,1-2H3;5H2,1-4H3. The van der Waals surface area contributed by atoms with E-state index in [0.29, 0.717) is 0 Å². The average molecular weight is 309 g/mol. The maximum Gasteiger partial charge on any atom is 0.499 e. The predicted molar refractivity (Wildman–Crippen MR) is 86.9 cm³/mol. The van der Waals surface area contributed by atoms with Crippen LogP contribution >= 0.6 is 0 Å². The van der Waals surface area contributed by atoms with Crippen molar-refractivity contribution in [3.05, 3.63) is 0 Å². The van der Waals surface area contributed by atoms with Crippen LogP contribution in [0.15, 0.2) is 0 Å². The molecule has 0 fully saturated rings. The van der Waals surface area contributed by atoms with Gasteiger partial charge in [0.1, 0.15) is 0 Å². The molecule has 4 nitrogen and oxygen atoms in total. The van der Waals surface area contributed by atoms with Crippen LogP contribution in [-0.2, 0) is 13.3 Å². The first-order valence-electron chi connectivity index (χ1n) is 7.85. The number of hydrogen-bond donors (Lipinski definition) is 1. The smallest absolute Gasteiger partial charge is 0.393 e. The molecule has 0 amide bonds. The van der Waals surface area contributed by atoms with Crippen molar-refractivity contribution in [2.45, 2.75) is 77.9 Å². The first kappa shape index (κ1) is 22.3. The molecule has 0 aromatic heterocycles. The Kier molecular flexibility index (Phi) is 17.3. The molecule has 124 valence electrons. The third-order valence-corrected chi connectivity index (χ3v) is 6.07. The lowest BCUT2D eigenvalue weighted by molar-refractivity contribution is 0.125. The van der Waals surface area contributed by atoms with E-state index in [1.807, 2.05) is 13.8 Å². The number of aliphatic hydroxyl groups excluding tert-OH is 1. The molecule has 0 rings (SSSR count). The van der Waals surface area contributed by atoms with Gasteiger partial charge in [0, 0.05) is 27.4 Å². The molecule has 0 spiro atoms. The topological polar surface area (TPSA) is 47.9 Å². The van der Waals surface area contributed by atoms with Gasteiger partial charge in [-0.3, -0.25) is 0 Å². The third-order valence-electron chi connectivity index (χ3n) is 3.34. The number of hydrogen-bond acceptors (Lipinski definition) is 4. The zero-order valence-electron chi connectivity index (χ0n) is 14.4. The molecular formula is C15H36O4Si. The van der Waals surface area contributed by atoms with Crippen LogP contribution in [0.1, 0.15) is 65.7 Å². The van der Waals surface area contributed by atoms with Crippen LogP contribution in [0.25, 0.3) is 0 Å². The summed E-state index contributed by atoms with van der Waals surface area (Å²) in [5, 5.41) is 8.96. The van der Waals surface area contributed by atoms with Crippen LogP contribution in [0.3, 0.4) is 0 Å². The minimum Gasteiger partial charge on any atom is -0.393 e. The summed E-state index contributed by atoms with van der Waals surface area (Å²) in [4.78, 5) is 0. The Morgan fingerprint density at radius 3 is 1.60 bits per heavy atom. The number of aliphatic hydroxyl groups is 1. The number of unbranched alkanes of at least 4 members (excludes halogenated alkanes) is 5. The second-order valence-electron chi connectivity index (χ2n) is 5.05. The minimum absolute atomic E-state index is 0.0961. The molecule has 0 radical (unpaired) electrons. The van der Waals surface area contributed by atoms with E-state index in [9.17, 15) is 0 Å². The van der Waals surface area contributed by atoms with Crippen LogP contribution in [0, 0.1) is 0 Å². The Bertz CT molecular complexity index is 167. The van der Waals surface area contributed by atoms with Crippen molar-refractivity contribution in [1.29, 1.82) is 0 Å². The van der Waals surface area contributed by atoms with E-state index in [1.54, 1.807) is 21.3 Å². The van der Waals surface area contributed by atoms with E-state index in [4.69, 9.17) is 18.4 Å².